The Balaban J connectivity index is 2.08. The summed E-state index contributed by atoms with van der Waals surface area (Å²) >= 11 is 0. The van der Waals surface area contributed by atoms with Gasteiger partial charge in [0.1, 0.15) is 5.82 Å². The molecular formula is C14H15F4N3O3. The van der Waals surface area contributed by atoms with Crippen LogP contribution in [0.4, 0.5) is 33.7 Å². The molecule has 0 radical (unpaired) electrons. The summed E-state index contributed by atoms with van der Waals surface area (Å²) in [5.74, 6) is -1.09. The minimum Gasteiger partial charge on any atom is -0.382 e. The molecule has 0 saturated carbocycles. The molecule has 1 aliphatic heterocycles. The number of aliphatic hydroxyl groups excluding tert-OH is 1. The van der Waals surface area contributed by atoms with E-state index in [0.717, 1.165) is 13.1 Å². The lowest BCUT2D eigenvalue weighted by Gasteiger charge is -2.23. The number of rotatable bonds is 3. The van der Waals surface area contributed by atoms with E-state index >= 15 is 0 Å². The van der Waals surface area contributed by atoms with Gasteiger partial charge in [-0.25, -0.2) is 9.18 Å². The summed E-state index contributed by atoms with van der Waals surface area (Å²) in [6, 6.07) is 1.35. The van der Waals surface area contributed by atoms with Gasteiger partial charge in [-0.1, -0.05) is 0 Å². The molecule has 0 fully saturated rings. The Kier molecular flexibility index (Phi) is 4.97. The first-order valence-corrected chi connectivity index (χ1v) is 6.97. The van der Waals surface area contributed by atoms with Crippen LogP contribution in [0, 0.1) is 5.82 Å². The molecule has 1 aromatic rings. The summed E-state index contributed by atoms with van der Waals surface area (Å²) in [6.07, 6.45) is -6.99. The highest BCUT2D eigenvalue weighted by atomic mass is 19.4. The number of benzene rings is 1. The van der Waals surface area contributed by atoms with E-state index in [0.29, 0.717) is 22.6 Å². The Labute approximate surface area is 134 Å². The molecule has 1 aliphatic rings. The van der Waals surface area contributed by atoms with Crippen LogP contribution in [0.2, 0.25) is 0 Å². The van der Waals surface area contributed by atoms with E-state index in [1.54, 1.807) is 0 Å². The van der Waals surface area contributed by atoms with Crippen LogP contribution in [0.15, 0.2) is 12.1 Å². The summed E-state index contributed by atoms with van der Waals surface area (Å²) in [5.41, 5.74) is 0.676. The number of fused-ring (bicyclic) bond motifs is 1. The monoisotopic (exact) mass is 349 g/mol. The number of hydrogen-bond acceptors (Lipinski definition) is 3. The largest absolute Gasteiger partial charge is 0.416 e. The smallest absolute Gasteiger partial charge is 0.382 e. The number of amides is 3. The Morgan fingerprint density at radius 3 is 2.71 bits per heavy atom. The van der Waals surface area contributed by atoms with Crippen molar-refractivity contribution in [2.45, 2.75) is 25.1 Å². The molecule has 1 aromatic carbocycles. The SMILES string of the molecule is CN(CC(O)C(F)(F)F)C(=O)Nc1cc2c(cc1F)NC(=O)CC2. The van der Waals surface area contributed by atoms with Crippen LogP contribution >= 0.6 is 0 Å². The first kappa shape index (κ1) is 18.0. The van der Waals surface area contributed by atoms with Gasteiger partial charge in [0.05, 0.1) is 12.2 Å². The second-order valence-electron chi connectivity index (χ2n) is 5.41. The van der Waals surface area contributed by atoms with E-state index in [9.17, 15) is 27.2 Å². The normalized spacial score (nSPS) is 15.3. The maximum Gasteiger partial charge on any atom is 0.416 e. The highest BCUT2D eigenvalue weighted by Gasteiger charge is 2.39. The number of aliphatic hydroxyl groups is 1. The summed E-state index contributed by atoms with van der Waals surface area (Å²) in [5, 5.41) is 13.6. The van der Waals surface area contributed by atoms with Crippen LogP contribution in [0.5, 0.6) is 0 Å². The molecule has 0 aliphatic carbocycles. The van der Waals surface area contributed by atoms with Crippen LogP contribution < -0.4 is 10.6 Å². The zero-order valence-electron chi connectivity index (χ0n) is 12.6. The van der Waals surface area contributed by atoms with Gasteiger partial charge in [-0.3, -0.25) is 4.79 Å². The predicted molar refractivity (Wildman–Crippen MR) is 77.1 cm³/mol. The minimum absolute atomic E-state index is 0.212. The average molecular weight is 349 g/mol. The highest BCUT2D eigenvalue weighted by molar-refractivity contribution is 5.95. The second kappa shape index (κ2) is 6.63. The van der Waals surface area contributed by atoms with Crippen LogP contribution in [-0.2, 0) is 11.2 Å². The molecule has 3 amide bonds. The number of likely N-dealkylation sites (N-methyl/N-ethyl adjacent to an activating group) is 1. The Bertz CT molecular complexity index is 663. The van der Waals surface area contributed by atoms with Crippen LogP contribution in [0.1, 0.15) is 12.0 Å². The van der Waals surface area contributed by atoms with Gasteiger partial charge < -0.3 is 20.6 Å². The first-order valence-electron chi connectivity index (χ1n) is 6.97. The number of alkyl halides is 3. The first-order chi connectivity index (χ1) is 11.1. The van der Waals surface area contributed by atoms with E-state index in [2.05, 4.69) is 10.6 Å². The fourth-order valence-corrected chi connectivity index (χ4v) is 2.15. The number of anilines is 2. The Hall–Kier alpha value is -2.36. The number of carbonyl (C=O) groups is 2. The second-order valence-corrected chi connectivity index (χ2v) is 5.41. The van der Waals surface area contributed by atoms with E-state index in [4.69, 9.17) is 5.11 Å². The molecule has 3 N–H and O–H groups in total. The van der Waals surface area contributed by atoms with Crippen molar-refractivity contribution in [1.29, 1.82) is 0 Å². The lowest BCUT2D eigenvalue weighted by molar-refractivity contribution is -0.205. The van der Waals surface area contributed by atoms with Crippen molar-refractivity contribution in [3.8, 4) is 0 Å². The highest BCUT2D eigenvalue weighted by Crippen LogP contribution is 2.28. The number of nitrogens with zero attached hydrogens (tertiary/aromatic N) is 1. The van der Waals surface area contributed by atoms with Crippen LogP contribution in [-0.4, -0.2) is 47.8 Å². The van der Waals surface area contributed by atoms with Crippen LogP contribution in [0.3, 0.4) is 0 Å². The van der Waals surface area contributed by atoms with Crippen molar-refractivity contribution >= 4 is 23.3 Å². The lowest BCUT2D eigenvalue weighted by atomic mass is 10.0. The molecule has 0 saturated heterocycles. The molecule has 0 spiro atoms. The quantitative estimate of drug-likeness (QED) is 0.731. The molecule has 10 heteroatoms. The van der Waals surface area contributed by atoms with E-state index < -0.39 is 30.7 Å². The summed E-state index contributed by atoms with van der Waals surface area (Å²) in [7, 11) is 1.04. The molecule has 6 nitrogen and oxygen atoms in total. The number of halogens is 4. The number of aryl methyl sites for hydroxylation is 1. The van der Waals surface area contributed by atoms with Crippen molar-refractivity contribution in [2.24, 2.45) is 0 Å². The Morgan fingerprint density at radius 1 is 1.42 bits per heavy atom. The molecule has 1 unspecified atom stereocenters. The average Bonchev–Trinajstić information content (AvgIpc) is 2.47. The van der Waals surface area contributed by atoms with E-state index in [1.165, 1.54) is 6.07 Å². The van der Waals surface area contributed by atoms with Crippen LogP contribution in [0.25, 0.3) is 0 Å². The van der Waals surface area contributed by atoms with Crippen molar-refractivity contribution in [1.82, 2.24) is 4.90 Å². The molecule has 1 heterocycles. The van der Waals surface area contributed by atoms with Gasteiger partial charge in [0.25, 0.3) is 0 Å². The fourth-order valence-electron chi connectivity index (χ4n) is 2.15. The van der Waals surface area contributed by atoms with Gasteiger partial charge in [0.15, 0.2) is 6.10 Å². The van der Waals surface area contributed by atoms with Gasteiger partial charge in [-0.15, -0.1) is 0 Å². The van der Waals surface area contributed by atoms with E-state index in [-0.39, 0.29) is 18.0 Å². The third-order valence-electron chi connectivity index (χ3n) is 3.50. The number of nitrogens with one attached hydrogen (secondary N) is 2. The topological polar surface area (TPSA) is 81.7 Å². The molecule has 0 aromatic heterocycles. The molecule has 1 atom stereocenters. The molecule has 24 heavy (non-hydrogen) atoms. The summed E-state index contributed by atoms with van der Waals surface area (Å²) < 4.78 is 50.8. The van der Waals surface area contributed by atoms with E-state index in [1.807, 2.05) is 0 Å². The molecule has 0 bridgehead atoms. The van der Waals surface area contributed by atoms with Crippen molar-refractivity contribution in [3.63, 3.8) is 0 Å². The maximum absolute atomic E-state index is 14.0. The molecular weight excluding hydrogens is 334 g/mol. The van der Waals surface area contributed by atoms with Crippen molar-refractivity contribution in [2.75, 3.05) is 24.2 Å². The lowest BCUT2D eigenvalue weighted by Crippen LogP contribution is -2.43. The zero-order chi connectivity index (χ0) is 18.1. The fraction of sp³-hybridized carbons (Fsp3) is 0.429. The molecule has 132 valence electrons. The van der Waals surface area contributed by atoms with Gasteiger partial charge in [-0.2, -0.15) is 13.2 Å². The number of urea groups is 1. The van der Waals surface area contributed by atoms with Gasteiger partial charge in [0.2, 0.25) is 5.91 Å². The third-order valence-corrected chi connectivity index (χ3v) is 3.50. The van der Waals surface area contributed by atoms with Crippen molar-refractivity contribution < 1.29 is 32.3 Å². The summed E-state index contributed by atoms with van der Waals surface area (Å²) in [6.45, 7) is -0.988. The van der Waals surface area contributed by atoms with Crippen molar-refractivity contribution in [3.05, 3.63) is 23.5 Å². The zero-order valence-corrected chi connectivity index (χ0v) is 12.6. The third kappa shape index (κ3) is 4.13. The van der Waals surface area contributed by atoms with Gasteiger partial charge in [-0.05, 0) is 24.1 Å². The predicted octanol–water partition coefficient (Wildman–Crippen LogP) is 2.10. The standard InChI is InChI=1S/C14H15F4N3O3/c1-21(6-11(22)14(16,17)18)13(24)20-10-4-7-2-3-12(23)19-9(7)5-8(10)15/h4-5,11,22H,2-3,6H2,1H3,(H,19,23)(H,20,24). The van der Waals surface area contributed by atoms with Gasteiger partial charge in [0, 0.05) is 19.2 Å². The van der Waals surface area contributed by atoms with Gasteiger partial charge >= 0.3 is 12.2 Å². The maximum atomic E-state index is 14.0. The number of hydrogen-bond donors (Lipinski definition) is 3. The molecule has 2 rings (SSSR count). The minimum atomic E-state index is -4.86. The number of carbonyl (C=O) groups excluding carboxylic acids is 2. The Morgan fingerprint density at radius 2 is 2.08 bits per heavy atom. The summed E-state index contributed by atoms with van der Waals surface area (Å²) in [4.78, 5) is 23.7.